The second-order valence-electron chi connectivity index (χ2n) is 6.02. The fraction of sp³-hybridized carbons (Fsp3) is 0.350. The Balaban J connectivity index is 1.85. The van der Waals surface area contributed by atoms with Crippen molar-refractivity contribution in [1.29, 1.82) is 0 Å². The van der Waals surface area contributed by atoms with Crippen LogP contribution in [-0.2, 0) is 0 Å². The molecule has 5 heteroatoms. The van der Waals surface area contributed by atoms with E-state index in [4.69, 9.17) is 14.2 Å². The van der Waals surface area contributed by atoms with E-state index in [-0.39, 0.29) is 23.5 Å². The molecule has 132 valence electrons. The lowest BCUT2D eigenvalue weighted by molar-refractivity contribution is 0.0844. The Kier molecular flexibility index (Phi) is 5.12. The Labute approximate surface area is 147 Å². The molecule has 1 heterocycles. The van der Waals surface area contributed by atoms with E-state index in [1.807, 2.05) is 24.3 Å². The van der Waals surface area contributed by atoms with Crippen molar-refractivity contribution in [2.45, 2.75) is 32.3 Å². The third kappa shape index (κ3) is 3.71. The summed E-state index contributed by atoms with van der Waals surface area (Å²) in [6.07, 6.45) is 1.73. The van der Waals surface area contributed by atoms with Crippen LogP contribution in [0, 0.1) is 0 Å². The van der Waals surface area contributed by atoms with Gasteiger partial charge in [-0.2, -0.15) is 0 Å². The molecule has 2 aromatic carbocycles. The topological polar surface area (TPSA) is 65.0 Å². The number of unbranched alkanes of at least 4 members (excludes halogenated alkanes) is 1. The number of phenols is 1. The van der Waals surface area contributed by atoms with Gasteiger partial charge in [-0.05, 0) is 24.1 Å². The fourth-order valence-corrected chi connectivity index (χ4v) is 2.84. The van der Waals surface area contributed by atoms with Crippen molar-refractivity contribution in [2.75, 3.05) is 13.7 Å². The quantitative estimate of drug-likeness (QED) is 0.794. The van der Waals surface area contributed by atoms with Gasteiger partial charge in [0.25, 0.3) is 0 Å². The molecule has 0 amide bonds. The first-order chi connectivity index (χ1) is 12.1. The summed E-state index contributed by atoms with van der Waals surface area (Å²) in [4.78, 5) is 12.5. The first-order valence-electron chi connectivity index (χ1n) is 8.46. The highest BCUT2D eigenvalue weighted by Gasteiger charge is 2.31. The fourth-order valence-electron chi connectivity index (χ4n) is 2.84. The van der Waals surface area contributed by atoms with E-state index in [1.54, 1.807) is 13.2 Å². The largest absolute Gasteiger partial charge is 0.507 e. The molecule has 0 aliphatic carbocycles. The molecule has 0 saturated heterocycles. The summed E-state index contributed by atoms with van der Waals surface area (Å²) in [6.45, 7) is 2.64. The van der Waals surface area contributed by atoms with Crippen LogP contribution in [-0.4, -0.2) is 24.6 Å². The van der Waals surface area contributed by atoms with Crippen LogP contribution in [0.2, 0.25) is 0 Å². The summed E-state index contributed by atoms with van der Waals surface area (Å²) >= 11 is 0. The number of Topliss-reactive ketones (excluding diaryl/α,β-unsaturated/α-hetero) is 1. The minimum Gasteiger partial charge on any atom is -0.507 e. The zero-order chi connectivity index (χ0) is 17.8. The smallest absolute Gasteiger partial charge is 0.174 e. The average Bonchev–Trinajstić information content (AvgIpc) is 2.61. The molecule has 2 aromatic rings. The lowest BCUT2D eigenvalue weighted by Crippen LogP contribution is -2.20. The lowest BCUT2D eigenvalue weighted by atomic mass is 9.95. The van der Waals surface area contributed by atoms with Crippen LogP contribution in [0.15, 0.2) is 36.4 Å². The zero-order valence-corrected chi connectivity index (χ0v) is 14.5. The molecule has 1 atom stereocenters. The van der Waals surface area contributed by atoms with Crippen molar-refractivity contribution in [3.63, 3.8) is 0 Å². The highest BCUT2D eigenvalue weighted by molar-refractivity contribution is 6.02. The zero-order valence-electron chi connectivity index (χ0n) is 14.5. The number of aromatic hydroxyl groups is 1. The normalized spacial score (nSPS) is 16.1. The van der Waals surface area contributed by atoms with Gasteiger partial charge >= 0.3 is 0 Å². The summed E-state index contributed by atoms with van der Waals surface area (Å²) in [5.41, 5.74) is 1.11. The number of benzene rings is 2. The maximum atomic E-state index is 12.5. The lowest BCUT2D eigenvalue weighted by Gasteiger charge is -2.26. The van der Waals surface area contributed by atoms with Gasteiger partial charge in [-0.15, -0.1) is 0 Å². The molecule has 5 nitrogen and oxygen atoms in total. The molecule has 1 unspecified atom stereocenters. The van der Waals surface area contributed by atoms with E-state index in [0.29, 0.717) is 18.1 Å². The first kappa shape index (κ1) is 17.1. The standard InChI is InChI=1S/C20H22O5/c1-3-4-9-24-15-10-16(21)20-17(22)12-18(25-19(20)11-15)13-5-7-14(23-2)8-6-13/h5-8,10-11,18,21H,3-4,9,12H2,1-2H3. The Morgan fingerprint density at radius 1 is 1.20 bits per heavy atom. The molecule has 0 aromatic heterocycles. The van der Waals surface area contributed by atoms with E-state index in [2.05, 4.69) is 6.92 Å². The molecule has 0 saturated carbocycles. The number of carbonyl (C=O) groups is 1. The number of fused-ring (bicyclic) bond motifs is 1. The van der Waals surface area contributed by atoms with Crippen molar-refractivity contribution >= 4 is 5.78 Å². The second-order valence-corrected chi connectivity index (χ2v) is 6.02. The Morgan fingerprint density at radius 2 is 1.96 bits per heavy atom. The average molecular weight is 342 g/mol. The van der Waals surface area contributed by atoms with Gasteiger partial charge in [-0.25, -0.2) is 0 Å². The van der Waals surface area contributed by atoms with Crippen LogP contribution in [0.4, 0.5) is 0 Å². The van der Waals surface area contributed by atoms with Gasteiger partial charge in [-0.3, -0.25) is 4.79 Å². The highest BCUT2D eigenvalue weighted by Crippen LogP contribution is 2.42. The van der Waals surface area contributed by atoms with Crippen molar-refractivity contribution < 1.29 is 24.1 Å². The minimum atomic E-state index is -0.392. The number of carbonyl (C=O) groups excluding carboxylic acids is 1. The van der Waals surface area contributed by atoms with Crippen LogP contribution in [0.3, 0.4) is 0 Å². The third-order valence-corrected chi connectivity index (χ3v) is 4.23. The van der Waals surface area contributed by atoms with E-state index < -0.39 is 6.10 Å². The maximum Gasteiger partial charge on any atom is 0.174 e. The van der Waals surface area contributed by atoms with Crippen molar-refractivity contribution in [1.82, 2.24) is 0 Å². The van der Waals surface area contributed by atoms with E-state index in [0.717, 1.165) is 24.2 Å². The second kappa shape index (κ2) is 7.47. The molecule has 3 rings (SSSR count). The van der Waals surface area contributed by atoms with Gasteiger partial charge in [0.05, 0.1) is 20.1 Å². The molecular formula is C20H22O5. The molecule has 0 fully saturated rings. The van der Waals surface area contributed by atoms with Gasteiger partial charge in [0.1, 0.15) is 34.7 Å². The van der Waals surface area contributed by atoms with Gasteiger partial charge < -0.3 is 19.3 Å². The van der Waals surface area contributed by atoms with Crippen LogP contribution in [0.1, 0.15) is 48.2 Å². The van der Waals surface area contributed by atoms with Crippen LogP contribution < -0.4 is 14.2 Å². The van der Waals surface area contributed by atoms with Gasteiger partial charge in [0.2, 0.25) is 0 Å². The minimum absolute atomic E-state index is 0.0952. The number of ketones is 1. The molecule has 1 N–H and O–H groups in total. The summed E-state index contributed by atoms with van der Waals surface area (Å²) in [5.74, 6) is 1.38. The monoisotopic (exact) mass is 342 g/mol. The third-order valence-electron chi connectivity index (χ3n) is 4.23. The van der Waals surface area contributed by atoms with Crippen LogP contribution in [0.5, 0.6) is 23.0 Å². The summed E-state index contributed by atoms with van der Waals surface area (Å²) in [7, 11) is 1.61. The molecule has 1 aliphatic heterocycles. The number of hydrogen-bond donors (Lipinski definition) is 1. The van der Waals surface area contributed by atoms with E-state index in [9.17, 15) is 9.90 Å². The molecule has 0 radical (unpaired) electrons. The number of ether oxygens (including phenoxy) is 3. The number of phenolic OH excluding ortho intramolecular Hbond substituents is 1. The van der Waals surface area contributed by atoms with Crippen LogP contribution >= 0.6 is 0 Å². The molecular weight excluding hydrogens is 320 g/mol. The molecule has 1 aliphatic rings. The SMILES string of the molecule is CCCCOc1cc(O)c2c(c1)OC(c1ccc(OC)cc1)CC2=O. The summed E-state index contributed by atoms with van der Waals surface area (Å²) in [6, 6.07) is 10.6. The van der Waals surface area contributed by atoms with Crippen molar-refractivity contribution in [3.05, 3.63) is 47.5 Å². The van der Waals surface area contributed by atoms with Gasteiger partial charge in [-0.1, -0.05) is 25.5 Å². The summed E-state index contributed by atoms with van der Waals surface area (Å²) in [5, 5.41) is 10.2. The maximum absolute atomic E-state index is 12.5. The predicted molar refractivity (Wildman–Crippen MR) is 93.8 cm³/mol. The number of rotatable bonds is 6. The summed E-state index contributed by atoms with van der Waals surface area (Å²) < 4.78 is 16.8. The van der Waals surface area contributed by atoms with Gasteiger partial charge in [0, 0.05) is 12.1 Å². The van der Waals surface area contributed by atoms with Crippen molar-refractivity contribution in [3.8, 4) is 23.0 Å². The first-order valence-corrected chi connectivity index (χ1v) is 8.46. The van der Waals surface area contributed by atoms with Crippen LogP contribution in [0.25, 0.3) is 0 Å². The Bertz CT molecular complexity index is 751. The predicted octanol–water partition coefficient (Wildman–Crippen LogP) is 4.29. The number of hydrogen-bond acceptors (Lipinski definition) is 5. The molecule has 25 heavy (non-hydrogen) atoms. The number of methoxy groups -OCH3 is 1. The highest BCUT2D eigenvalue weighted by atomic mass is 16.5. The molecule has 0 spiro atoms. The van der Waals surface area contributed by atoms with Gasteiger partial charge in [0.15, 0.2) is 5.78 Å². The Morgan fingerprint density at radius 3 is 2.64 bits per heavy atom. The van der Waals surface area contributed by atoms with Crippen molar-refractivity contribution in [2.24, 2.45) is 0 Å². The molecule has 0 bridgehead atoms. The van der Waals surface area contributed by atoms with E-state index >= 15 is 0 Å². The Hall–Kier alpha value is -2.69. The van der Waals surface area contributed by atoms with E-state index in [1.165, 1.54) is 6.07 Å².